The number of alkyl carbamates (subject to hydrolysis) is 1. The third-order valence-corrected chi connectivity index (χ3v) is 6.65. The van der Waals surface area contributed by atoms with Gasteiger partial charge in [0.1, 0.15) is 18.2 Å². The van der Waals surface area contributed by atoms with Crippen molar-refractivity contribution in [2.24, 2.45) is 11.8 Å². The van der Waals surface area contributed by atoms with Gasteiger partial charge in [-0.2, -0.15) is 11.8 Å². The predicted molar refractivity (Wildman–Crippen MR) is 105 cm³/mol. The van der Waals surface area contributed by atoms with Gasteiger partial charge in [0.05, 0.1) is 12.2 Å². The molecule has 1 N–H and O–H groups in total. The third kappa shape index (κ3) is 4.15. The van der Waals surface area contributed by atoms with Gasteiger partial charge in [0.15, 0.2) is 6.10 Å². The molecule has 1 saturated carbocycles. The third-order valence-electron chi connectivity index (χ3n) is 5.41. The van der Waals surface area contributed by atoms with Crippen LogP contribution in [0.25, 0.3) is 0 Å². The van der Waals surface area contributed by atoms with E-state index in [9.17, 15) is 18.4 Å². The number of fused-ring (bicyclic) bond motifs is 1. The van der Waals surface area contributed by atoms with E-state index in [1.165, 1.54) is 12.1 Å². The molecule has 2 saturated heterocycles. The van der Waals surface area contributed by atoms with Gasteiger partial charge in [-0.15, -0.1) is 0 Å². The van der Waals surface area contributed by atoms with E-state index in [-0.39, 0.29) is 30.3 Å². The van der Waals surface area contributed by atoms with Crippen molar-refractivity contribution in [3.05, 3.63) is 29.3 Å². The van der Waals surface area contributed by atoms with Gasteiger partial charge in [-0.1, -0.05) is 0 Å². The van der Waals surface area contributed by atoms with Crippen LogP contribution >= 0.6 is 11.8 Å². The Balaban J connectivity index is 1.40. The zero-order valence-electron chi connectivity index (χ0n) is 16.5. The predicted octanol–water partition coefficient (Wildman–Crippen LogP) is 3.89. The normalized spacial score (nSPS) is 28.2. The highest BCUT2D eigenvalue weighted by Gasteiger charge is 2.55. The van der Waals surface area contributed by atoms with Crippen molar-refractivity contribution in [3.63, 3.8) is 0 Å². The number of nitrogens with one attached hydrogen (secondary N) is 1. The average Bonchev–Trinajstić information content (AvgIpc) is 2.95. The Morgan fingerprint density at radius 2 is 1.90 bits per heavy atom. The van der Waals surface area contributed by atoms with E-state index in [0.717, 1.165) is 16.4 Å². The van der Waals surface area contributed by atoms with Gasteiger partial charge in [0.25, 0.3) is 0 Å². The first-order valence-electron chi connectivity index (χ1n) is 9.64. The fraction of sp³-hybridized carbons (Fsp3) is 0.600. The van der Waals surface area contributed by atoms with E-state index in [4.69, 9.17) is 9.47 Å². The molecule has 2 amide bonds. The number of ether oxygens (including phenoxy) is 2. The number of halogens is 2. The van der Waals surface area contributed by atoms with Crippen LogP contribution in [-0.2, 0) is 9.47 Å². The van der Waals surface area contributed by atoms with Crippen molar-refractivity contribution in [1.29, 1.82) is 0 Å². The van der Waals surface area contributed by atoms with Gasteiger partial charge in [0, 0.05) is 11.1 Å². The molecule has 2 heterocycles. The minimum atomic E-state index is -0.721. The SMILES string of the molecule is CC(C)(C)NC(=O)OC[C@@H]1CN(c2cc(F)c(C3[C@H]4CSC[C@@H]34)c(F)c2)C(=O)O1. The first-order chi connectivity index (χ1) is 13.6. The van der Waals surface area contributed by atoms with Gasteiger partial charge in [-0.3, -0.25) is 4.90 Å². The first-order valence-corrected chi connectivity index (χ1v) is 10.8. The quantitative estimate of drug-likeness (QED) is 0.791. The second-order valence-corrected chi connectivity index (χ2v) is 9.88. The highest BCUT2D eigenvalue weighted by molar-refractivity contribution is 7.99. The molecular weight excluding hydrogens is 402 g/mol. The number of anilines is 1. The van der Waals surface area contributed by atoms with E-state index >= 15 is 0 Å². The molecule has 1 aromatic carbocycles. The standard InChI is InChI=1S/C20H24F2N2O4S/c1-20(2,3)23-18(25)27-7-11-6-24(19(26)28-11)10-4-14(21)17(15(22)5-10)16-12-8-29-9-13(12)16/h4-5,11-13,16H,6-9H2,1-3H3,(H,23,25)/t11-,12-,13+,16?/m0/s1. The highest BCUT2D eigenvalue weighted by atomic mass is 32.2. The smallest absolute Gasteiger partial charge is 0.414 e. The molecule has 0 aromatic heterocycles. The number of cyclic esters (lactones) is 1. The monoisotopic (exact) mass is 426 g/mol. The summed E-state index contributed by atoms with van der Waals surface area (Å²) in [6, 6.07) is 2.38. The molecule has 4 rings (SSSR count). The van der Waals surface area contributed by atoms with E-state index in [2.05, 4.69) is 5.32 Å². The van der Waals surface area contributed by atoms with Crippen LogP contribution < -0.4 is 10.2 Å². The average molecular weight is 426 g/mol. The van der Waals surface area contributed by atoms with E-state index in [0.29, 0.717) is 11.8 Å². The van der Waals surface area contributed by atoms with Crippen molar-refractivity contribution >= 4 is 29.6 Å². The Morgan fingerprint density at radius 3 is 2.48 bits per heavy atom. The number of amides is 2. The molecule has 3 aliphatic rings. The van der Waals surface area contributed by atoms with Crippen LogP contribution in [0.1, 0.15) is 32.3 Å². The maximum Gasteiger partial charge on any atom is 0.414 e. The largest absolute Gasteiger partial charge is 0.446 e. The summed E-state index contributed by atoms with van der Waals surface area (Å²) in [4.78, 5) is 25.1. The zero-order chi connectivity index (χ0) is 20.9. The fourth-order valence-corrected chi connectivity index (χ4v) is 5.63. The van der Waals surface area contributed by atoms with Gasteiger partial charge < -0.3 is 14.8 Å². The van der Waals surface area contributed by atoms with E-state index in [1.54, 1.807) is 0 Å². The summed E-state index contributed by atoms with van der Waals surface area (Å²) >= 11 is 1.82. The summed E-state index contributed by atoms with van der Waals surface area (Å²) in [6.45, 7) is 5.34. The summed E-state index contributed by atoms with van der Waals surface area (Å²) in [5, 5.41) is 2.64. The molecule has 1 aliphatic carbocycles. The van der Waals surface area contributed by atoms with Crippen LogP contribution in [0.15, 0.2) is 12.1 Å². The summed E-state index contributed by atoms with van der Waals surface area (Å²) < 4.78 is 39.6. The summed E-state index contributed by atoms with van der Waals surface area (Å²) in [7, 11) is 0. The van der Waals surface area contributed by atoms with Crippen LogP contribution in [0, 0.1) is 23.5 Å². The van der Waals surface area contributed by atoms with Crippen molar-refractivity contribution in [2.45, 2.75) is 38.3 Å². The Morgan fingerprint density at radius 1 is 1.28 bits per heavy atom. The lowest BCUT2D eigenvalue weighted by atomic mass is 10.1. The highest BCUT2D eigenvalue weighted by Crippen LogP contribution is 2.62. The molecule has 9 heteroatoms. The van der Waals surface area contributed by atoms with Gasteiger partial charge >= 0.3 is 12.2 Å². The molecule has 4 atom stereocenters. The molecule has 2 aliphatic heterocycles. The lowest BCUT2D eigenvalue weighted by molar-refractivity contribution is 0.0705. The van der Waals surface area contributed by atoms with Crippen molar-refractivity contribution < 1.29 is 27.8 Å². The molecular formula is C20H24F2N2O4S. The number of hydrogen-bond donors (Lipinski definition) is 1. The number of thioether (sulfide) groups is 1. The Bertz CT molecular complexity index is 811. The minimum absolute atomic E-state index is 0.0468. The maximum absolute atomic E-state index is 14.7. The molecule has 3 fully saturated rings. The van der Waals surface area contributed by atoms with Crippen LogP contribution in [0.5, 0.6) is 0 Å². The zero-order valence-corrected chi connectivity index (χ0v) is 17.4. The van der Waals surface area contributed by atoms with Crippen molar-refractivity contribution in [1.82, 2.24) is 5.32 Å². The molecule has 6 nitrogen and oxygen atoms in total. The summed E-state index contributed by atoms with van der Waals surface area (Å²) in [5.74, 6) is 1.29. The molecule has 0 spiro atoms. The maximum atomic E-state index is 14.7. The molecule has 0 bridgehead atoms. The molecule has 1 unspecified atom stereocenters. The lowest BCUT2D eigenvalue weighted by Gasteiger charge is -2.20. The number of rotatable bonds is 4. The number of nitrogens with zero attached hydrogens (tertiary/aromatic N) is 1. The Kier molecular flexibility index (Phi) is 5.13. The Hall–Kier alpha value is -2.03. The lowest BCUT2D eigenvalue weighted by Crippen LogP contribution is -2.42. The van der Waals surface area contributed by atoms with E-state index in [1.807, 2.05) is 32.5 Å². The number of carbonyl (C=O) groups is 2. The minimum Gasteiger partial charge on any atom is -0.446 e. The first kappa shape index (κ1) is 20.3. The number of benzene rings is 1. The van der Waals surface area contributed by atoms with Gasteiger partial charge in [-0.05, 0) is 62.2 Å². The molecule has 1 aromatic rings. The van der Waals surface area contributed by atoms with Crippen LogP contribution in [-0.4, -0.2) is 48.5 Å². The number of hydrogen-bond acceptors (Lipinski definition) is 5. The molecule has 0 radical (unpaired) electrons. The molecule has 29 heavy (non-hydrogen) atoms. The second kappa shape index (κ2) is 7.34. The van der Waals surface area contributed by atoms with Crippen molar-refractivity contribution in [2.75, 3.05) is 29.6 Å². The second-order valence-electron chi connectivity index (χ2n) is 8.80. The Labute approximate surface area is 172 Å². The summed E-state index contributed by atoms with van der Waals surface area (Å²) in [5.41, 5.74) is -0.212. The van der Waals surface area contributed by atoms with Crippen molar-refractivity contribution in [3.8, 4) is 0 Å². The topological polar surface area (TPSA) is 67.9 Å². The van der Waals surface area contributed by atoms with Crippen LogP contribution in [0.2, 0.25) is 0 Å². The van der Waals surface area contributed by atoms with Crippen LogP contribution in [0.4, 0.5) is 24.1 Å². The summed E-state index contributed by atoms with van der Waals surface area (Å²) in [6.07, 6.45) is -2.05. The number of carbonyl (C=O) groups excluding carboxylic acids is 2. The molecule has 158 valence electrons. The van der Waals surface area contributed by atoms with Gasteiger partial charge in [0.2, 0.25) is 0 Å². The fourth-order valence-electron chi connectivity index (χ4n) is 4.04. The van der Waals surface area contributed by atoms with Gasteiger partial charge in [-0.25, -0.2) is 18.4 Å². The van der Waals surface area contributed by atoms with E-state index < -0.39 is 35.5 Å². The van der Waals surface area contributed by atoms with Crippen LogP contribution in [0.3, 0.4) is 0 Å².